The summed E-state index contributed by atoms with van der Waals surface area (Å²) >= 11 is 0. The number of piperidine rings is 2. The molecule has 0 spiro atoms. The molecule has 0 radical (unpaired) electrons. The van der Waals surface area contributed by atoms with E-state index in [0.717, 1.165) is 51.9 Å². The van der Waals surface area contributed by atoms with Gasteiger partial charge in [0.1, 0.15) is 0 Å². The Morgan fingerprint density at radius 2 is 1.36 bits per heavy atom. The van der Waals surface area contributed by atoms with Crippen molar-refractivity contribution in [3.8, 4) is 0 Å². The number of nitrogens with zero attached hydrogens (tertiary/aromatic N) is 2. The second kappa shape index (κ2) is 11.4. The molecule has 2 rings (SSSR count). The number of nitrogens with two attached hydrogens (primary N) is 1. The molecule has 2 unspecified atom stereocenters. The van der Waals surface area contributed by atoms with Crippen LogP contribution in [0.2, 0.25) is 0 Å². The fourth-order valence-corrected chi connectivity index (χ4v) is 2.77. The zero-order valence-electron chi connectivity index (χ0n) is 14.5. The van der Waals surface area contributed by atoms with E-state index >= 15 is 0 Å². The Kier molecular flexibility index (Phi) is 10.8. The van der Waals surface area contributed by atoms with Crippen LogP contribution in [0.1, 0.15) is 39.5 Å². The molecule has 2 aliphatic rings. The number of hydrogen-bond acceptors (Lipinski definition) is 4. The Hall–Kier alpha value is -1.14. The largest absolute Gasteiger partial charge is 0.481 e. The molecule has 0 aromatic rings. The Morgan fingerprint density at radius 3 is 1.64 bits per heavy atom. The number of aliphatic carboxylic acids is 1. The molecule has 3 N–H and O–H groups in total. The molecule has 2 fully saturated rings. The van der Waals surface area contributed by atoms with E-state index in [1.165, 1.54) is 0 Å². The van der Waals surface area contributed by atoms with Crippen molar-refractivity contribution in [1.29, 1.82) is 0 Å². The predicted octanol–water partition coefficient (Wildman–Crippen LogP) is 1.25. The monoisotopic (exact) mass is 315 g/mol. The molecule has 2 atom stereocenters. The van der Waals surface area contributed by atoms with Gasteiger partial charge in [-0.15, -0.1) is 0 Å². The molecule has 2 aliphatic heterocycles. The lowest BCUT2D eigenvalue weighted by atomic mass is 9.98. The number of amides is 1. The fraction of sp³-hybridized carbons (Fsp3) is 0.875. The number of carboxylic acid groups (broad SMARTS) is 1. The van der Waals surface area contributed by atoms with Gasteiger partial charge < -0.3 is 20.6 Å². The topological polar surface area (TPSA) is 86.9 Å². The van der Waals surface area contributed by atoms with Crippen molar-refractivity contribution in [3.05, 3.63) is 0 Å². The first-order valence-electron chi connectivity index (χ1n) is 8.29. The highest BCUT2D eigenvalue weighted by Gasteiger charge is 2.22. The molecule has 2 heterocycles. The van der Waals surface area contributed by atoms with Gasteiger partial charge >= 0.3 is 5.97 Å². The van der Waals surface area contributed by atoms with Gasteiger partial charge in [0.2, 0.25) is 5.91 Å². The number of hydrogen-bond donors (Lipinski definition) is 2. The van der Waals surface area contributed by atoms with Gasteiger partial charge in [-0.05, 0) is 52.9 Å². The maximum atomic E-state index is 10.7. The maximum Gasteiger partial charge on any atom is 0.307 e. The fourth-order valence-electron chi connectivity index (χ4n) is 2.77. The van der Waals surface area contributed by atoms with Crippen LogP contribution in [0.3, 0.4) is 0 Å². The van der Waals surface area contributed by atoms with Gasteiger partial charge in [0.25, 0.3) is 0 Å². The third-order valence-corrected chi connectivity index (χ3v) is 4.00. The molecule has 0 bridgehead atoms. The van der Waals surface area contributed by atoms with Crippen LogP contribution in [-0.4, -0.2) is 67.1 Å². The standard InChI is InChI=1S/C7H14N2O.C7H13NO2.C2H6/c1-9-4-2-3-6(5-9)7(8)10;1-8-4-2-3-6(5-8)7(9)10;1-2/h6H,2-5H2,1H3,(H2,8,10);6H,2-5H2,1H3,(H,9,10);1-2H3. The van der Waals surface area contributed by atoms with E-state index < -0.39 is 5.97 Å². The Morgan fingerprint density at radius 1 is 0.955 bits per heavy atom. The number of carbonyl (C=O) groups is 2. The number of likely N-dealkylation sites (tertiary alicyclic amines) is 2. The molecule has 6 nitrogen and oxygen atoms in total. The first-order chi connectivity index (χ1) is 10.4. The van der Waals surface area contributed by atoms with Crippen LogP contribution in [-0.2, 0) is 9.59 Å². The van der Waals surface area contributed by atoms with Crippen LogP contribution in [0, 0.1) is 11.8 Å². The molecular formula is C16H33N3O3. The summed E-state index contributed by atoms with van der Waals surface area (Å²) in [4.78, 5) is 25.4. The summed E-state index contributed by atoms with van der Waals surface area (Å²) in [6, 6.07) is 0. The number of rotatable bonds is 2. The van der Waals surface area contributed by atoms with Crippen LogP contribution in [0.15, 0.2) is 0 Å². The van der Waals surface area contributed by atoms with Crippen molar-refractivity contribution in [1.82, 2.24) is 9.80 Å². The normalized spacial score (nSPS) is 26.0. The molecule has 130 valence electrons. The first kappa shape index (κ1) is 20.9. The van der Waals surface area contributed by atoms with Crippen LogP contribution < -0.4 is 5.73 Å². The zero-order chi connectivity index (χ0) is 17.1. The second-order valence-corrected chi connectivity index (χ2v) is 5.94. The summed E-state index contributed by atoms with van der Waals surface area (Å²) in [6.45, 7) is 7.71. The van der Waals surface area contributed by atoms with Crippen LogP contribution in [0.4, 0.5) is 0 Å². The SMILES string of the molecule is CC.CN1CCCC(C(=O)O)C1.CN1CCCC(C(N)=O)C1. The molecular weight excluding hydrogens is 282 g/mol. The summed E-state index contributed by atoms with van der Waals surface area (Å²) < 4.78 is 0. The van der Waals surface area contributed by atoms with Crippen molar-refractivity contribution in [2.75, 3.05) is 40.3 Å². The Balaban J connectivity index is 0.000000360. The minimum absolute atomic E-state index is 0.0961. The van der Waals surface area contributed by atoms with E-state index in [2.05, 4.69) is 9.80 Å². The highest BCUT2D eigenvalue weighted by molar-refractivity contribution is 5.76. The molecule has 0 saturated carbocycles. The first-order valence-corrected chi connectivity index (χ1v) is 8.29. The summed E-state index contributed by atoms with van der Waals surface area (Å²) in [5.41, 5.74) is 5.16. The highest BCUT2D eigenvalue weighted by atomic mass is 16.4. The molecule has 0 aliphatic carbocycles. The van der Waals surface area contributed by atoms with Gasteiger partial charge in [0, 0.05) is 13.1 Å². The number of carboxylic acids is 1. The lowest BCUT2D eigenvalue weighted by Gasteiger charge is -2.27. The lowest BCUT2D eigenvalue weighted by molar-refractivity contribution is -0.143. The highest BCUT2D eigenvalue weighted by Crippen LogP contribution is 2.14. The smallest absolute Gasteiger partial charge is 0.307 e. The Labute approximate surface area is 134 Å². The van der Waals surface area contributed by atoms with Crippen LogP contribution in [0.25, 0.3) is 0 Å². The van der Waals surface area contributed by atoms with Gasteiger partial charge in [-0.1, -0.05) is 13.8 Å². The van der Waals surface area contributed by atoms with Crippen molar-refractivity contribution in [2.24, 2.45) is 17.6 Å². The van der Waals surface area contributed by atoms with E-state index in [1.807, 2.05) is 27.9 Å². The maximum absolute atomic E-state index is 10.7. The molecule has 2 saturated heterocycles. The van der Waals surface area contributed by atoms with E-state index in [-0.39, 0.29) is 17.7 Å². The summed E-state index contributed by atoms with van der Waals surface area (Å²) in [5, 5.41) is 8.63. The number of carbonyl (C=O) groups excluding carboxylic acids is 1. The third-order valence-electron chi connectivity index (χ3n) is 4.00. The molecule has 22 heavy (non-hydrogen) atoms. The van der Waals surface area contributed by atoms with Gasteiger partial charge in [0.05, 0.1) is 11.8 Å². The second-order valence-electron chi connectivity index (χ2n) is 5.94. The minimum Gasteiger partial charge on any atom is -0.481 e. The van der Waals surface area contributed by atoms with Crippen LogP contribution >= 0.6 is 0 Å². The molecule has 1 amide bonds. The van der Waals surface area contributed by atoms with Crippen LogP contribution in [0.5, 0.6) is 0 Å². The number of primary amides is 1. The summed E-state index contributed by atoms with van der Waals surface area (Å²) in [6.07, 6.45) is 3.94. The average Bonchev–Trinajstić information content (AvgIpc) is 2.50. The van der Waals surface area contributed by atoms with Crippen molar-refractivity contribution in [3.63, 3.8) is 0 Å². The third kappa shape index (κ3) is 8.34. The predicted molar refractivity (Wildman–Crippen MR) is 88.6 cm³/mol. The zero-order valence-corrected chi connectivity index (χ0v) is 14.5. The van der Waals surface area contributed by atoms with Crippen molar-refractivity contribution >= 4 is 11.9 Å². The molecule has 0 aromatic carbocycles. The Bertz CT molecular complexity index is 305. The minimum atomic E-state index is -0.647. The van der Waals surface area contributed by atoms with E-state index in [1.54, 1.807) is 0 Å². The summed E-state index contributed by atoms with van der Waals surface area (Å²) in [7, 11) is 3.99. The van der Waals surface area contributed by atoms with Gasteiger partial charge in [0.15, 0.2) is 0 Å². The van der Waals surface area contributed by atoms with Crippen molar-refractivity contribution in [2.45, 2.75) is 39.5 Å². The average molecular weight is 315 g/mol. The van der Waals surface area contributed by atoms with Gasteiger partial charge in [-0.3, -0.25) is 9.59 Å². The van der Waals surface area contributed by atoms with E-state index in [9.17, 15) is 9.59 Å². The van der Waals surface area contributed by atoms with E-state index in [0.29, 0.717) is 0 Å². The van der Waals surface area contributed by atoms with Gasteiger partial charge in [-0.25, -0.2) is 0 Å². The van der Waals surface area contributed by atoms with Gasteiger partial charge in [-0.2, -0.15) is 0 Å². The quantitative estimate of drug-likeness (QED) is 0.801. The molecule has 6 heteroatoms. The molecule has 0 aromatic heterocycles. The summed E-state index contributed by atoms with van der Waals surface area (Å²) in [5.74, 6) is -0.824. The van der Waals surface area contributed by atoms with E-state index in [4.69, 9.17) is 10.8 Å². The lowest BCUT2D eigenvalue weighted by Crippen LogP contribution is -2.38. The van der Waals surface area contributed by atoms with Crippen molar-refractivity contribution < 1.29 is 14.7 Å².